The van der Waals surface area contributed by atoms with E-state index in [-0.39, 0.29) is 25.5 Å². The Morgan fingerprint density at radius 3 is 2.54 bits per heavy atom. The molecule has 0 radical (unpaired) electrons. The van der Waals surface area contributed by atoms with E-state index in [2.05, 4.69) is 4.98 Å². The predicted octanol–water partition coefficient (Wildman–Crippen LogP) is 3.75. The molecular weight excluding hydrogens is 331 g/mol. The maximum atomic E-state index is 12.5. The SMILES string of the molecule is CCOC(=O)c1cn2c(C=CP(=O)(OCC)OCC)cccc2n1. The van der Waals surface area contributed by atoms with Crippen LogP contribution in [0.4, 0.5) is 0 Å². The van der Waals surface area contributed by atoms with E-state index >= 15 is 0 Å². The molecule has 0 aliphatic rings. The highest BCUT2D eigenvalue weighted by molar-refractivity contribution is 7.57. The molecule has 130 valence electrons. The van der Waals surface area contributed by atoms with Gasteiger partial charge in [0, 0.05) is 17.7 Å². The molecule has 0 amide bonds. The standard InChI is InChI=1S/C16H21N2O5P/c1-4-21-16(19)14-12-18-13(8-7-9-15(18)17-14)10-11-24(20,22-5-2)23-6-3/h7-12H,4-6H2,1-3H3. The van der Waals surface area contributed by atoms with Gasteiger partial charge in [0.05, 0.1) is 19.8 Å². The van der Waals surface area contributed by atoms with Crippen molar-refractivity contribution in [3.05, 3.63) is 41.6 Å². The van der Waals surface area contributed by atoms with Crippen LogP contribution in [0.25, 0.3) is 11.7 Å². The number of carbonyl (C=O) groups is 1. The van der Waals surface area contributed by atoms with Gasteiger partial charge in [0.15, 0.2) is 5.69 Å². The van der Waals surface area contributed by atoms with Crippen LogP contribution in [0.2, 0.25) is 0 Å². The number of nitrogens with zero attached hydrogens (tertiary/aromatic N) is 2. The molecule has 0 saturated carbocycles. The first-order chi connectivity index (χ1) is 11.5. The average Bonchev–Trinajstić information content (AvgIpc) is 2.98. The van der Waals surface area contributed by atoms with Gasteiger partial charge in [0.1, 0.15) is 5.65 Å². The first-order valence-corrected chi connectivity index (χ1v) is 9.37. The molecule has 0 bridgehead atoms. The molecule has 7 nitrogen and oxygen atoms in total. The quantitative estimate of drug-likeness (QED) is 0.532. The van der Waals surface area contributed by atoms with Crippen LogP contribution < -0.4 is 0 Å². The van der Waals surface area contributed by atoms with Crippen LogP contribution in [0.3, 0.4) is 0 Å². The highest BCUT2D eigenvalue weighted by Gasteiger charge is 2.19. The van der Waals surface area contributed by atoms with E-state index in [1.807, 2.05) is 6.07 Å². The van der Waals surface area contributed by atoms with E-state index < -0.39 is 13.6 Å². The molecule has 0 aromatic carbocycles. The highest BCUT2D eigenvalue weighted by Crippen LogP contribution is 2.50. The van der Waals surface area contributed by atoms with Gasteiger partial charge in [-0.1, -0.05) is 6.07 Å². The largest absolute Gasteiger partial charge is 0.461 e. The second-order valence-electron chi connectivity index (χ2n) is 4.72. The molecule has 2 aromatic rings. The van der Waals surface area contributed by atoms with Gasteiger partial charge in [-0.05, 0) is 39.0 Å². The Balaban J connectivity index is 2.36. The zero-order chi connectivity index (χ0) is 17.6. The van der Waals surface area contributed by atoms with E-state index in [1.165, 1.54) is 5.82 Å². The molecule has 0 saturated heterocycles. The van der Waals surface area contributed by atoms with Crippen LogP contribution >= 0.6 is 7.60 Å². The molecule has 0 unspecified atom stereocenters. The monoisotopic (exact) mass is 352 g/mol. The molecule has 0 atom stereocenters. The summed E-state index contributed by atoms with van der Waals surface area (Å²) in [5.74, 6) is 0.934. The number of hydrogen-bond donors (Lipinski definition) is 0. The lowest BCUT2D eigenvalue weighted by molar-refractivity contribution is 0.0520. The van der Waals surface area contributed by atoms with Gasteiger partial charge < -0.3 is 13.8 Å². The van der Waals surface area contributed by atoms with Gasteiger partial charge in [0.2, 0.25) is 0 Å². The van der Waals surface area contributed by atoms with Crippen LogP contribution in [0.1, 0.15) is 37.0 Å². The number of imidazole rings is 1. The molecule has 24 heavy (non-hydrogen) atoms. The number of fused-ring (bicyclic) bond motifs is 1. The van der Waals surface area contributed by atoms with Gasteiger partial charge in [0.25, 0.3) is 0 Å². The van der Waals surface area contributed by atoms with Crippen LogP contribution in [0, 0.1) is 0 Å². The summed E-state index contributed by atoms with van der Waals surface area (Å²) < 4.78 is 29.6. The number of ether oxygens (including phenoxy) is 1. The van der Waals surface area contributed by atoms with Gasteiger partial charge in [-0.3, -0.25) is 8.97 Å². The second-order valence-corrected chi connectivity index (χ2v) is 6.61. The minimum atomic E-state index is -3.29. The van der Waals surface area contributed by atoms with E-state index in [9.17, 15) is 9.36 Å². The van der Waals surface area contributed by atoms with Crippen molar-refractivity contribution in [2.75, 3.05) is 19.8 Å². The van der Waals surface area contributed by atoms with Crippen molar-refractivity contribution in [1.82, 2.24) is 9.38 Å². The van der Waals surface area contributed by atoms with Crippen molar-refractivity contribution in [1.29, 1.82) is 0 Å². The number of aromatic nitrogens is 2. The average molecular weight is 352 g/mol. The molecule has 0 aliphatic carbocycles. The Hall–Kier alpha value is -1.95. The van der Waals surface area contributed by atoms with E-state index in [1.54, 1.807) is 49.6 Å². The van der Waals surface area contributed by atoms with Crippen molar-refractivity contribution < 1.29 is 23.1 Å². The maximum absolute atomic E-state index is 12.5. The fraction of sp³-hybridized carbons (Fsp3) is 0.375. The van der Waals surface area contributed by atoms with Crippen LogP contribution in [0.5, 0.6) is 0 Å². The third-order valence-electron chi connectivity index (χ3n) is 3.05. The molecule has 0 aliphatic heterocycles. The third kappa shape index (κ3) is 4.32. The Bertz CT molecular complexity index is 774. The fourth-order valence-corrected chi connectivity index (χ4v) is 3.42. The van der Waals surface area contributed by atoms with Gasteiger partial charge in [-0.15, -0.1) is 0 Å². The zero-order valence-corrected chi connectivity index (χ0v) is 14.9. The number of rotatable bonds is 8. The van der Waals surface area contributed by atoms with E-state index in [4.69, 9.17) is 13.8 Å². The van der Waals surface area contributed by atoms with Crippen LogP contribution in [-0.4, -0.2) is 35.2 Å². The Morgan fingerprint density at radius 1 is 1.21 bits per heavy atom. The third-order valence-corrected chi connectivity index (χ3v) is 4.80. The lowest BCUT2D eigenvalue weighted by atomic mass is 10.3. The molecular formula is C16H21N2O5P. The predicted molar refractivity (Wildman–Crippen MR) is 91.0 cm³/mol. The molecule has 2 heterocycles. The molecule has 8 heteroatoms. The van der Waals surface area contributed by atoms with E-state index in [0.29, 0.717) is 11.3 Å². The first kappa shape index (κ1) is 18.4. The lowest BCUT2D eigenvalue weighted by Gasteiger charge is -2.12. The fourth-order valence-electron chi connectivity index (χ4n) is 2.12. The van der Waals surface area contributed by atoms with Crippen molar-refractivity contribution in [2.45, 2.75) is 20.8 Å². The first-order valence-electron chi connectivity index (χ1n) is 7.76. The number of esters is 1. The van der Waals surface area contributed by atoms with Crippen molar-refractivity contribution in [3.63, 3.8) is 0 Å². The summed E-state index contributed by atoms with van der Waals surface area (Å²) in [5, 5.41) is 0. The summed E-state index contributed by atoms with van der Waals surface area (Å²) in [4.78, 5) is 16.0. The number of hydrogen-bond acceptors (Lipinski definition) is 6. The van der Waals surface area contributed by atoms with Crippen LogP contribution in [0.15, 0.2) is 30.2 Å². The topological polar surface area (TPSA) is 79.1 Å². The Kier molecular flexibility index (Phi) is 6.31. The smallest absolute Gasteiger partial charge is 0.358 e. The number of pyridine rings is 1. The highest BCUT2D eigenvalue weighted by atomic mass is 31.2. The molecule has 0 spiro atoms. The van der Waals surface area contributed by atoms with Crippen molar-refractivity contribution in [2.24, 2.45) is 0 Å². The molecule has 0 N–H and O–H groups in total. The van der Waals surface area contributed by atoms with E-state index in [0.717, 1.165) is 0 Å². The summed E-state index contributed by atoms with van der Waals surface area (Å²) in [6.07, 6.45) is 3.22. The van der Waals surface area contributed by atoms with Gasteiger partial charge in [-0.2, -0.15) is 0 Å². The minimum Gasteiger partial charge on any atom is -0.461 e. The molecule has 2 aromatic heterocycles. The summed E-state index contributed by atoms with van der Waals surface area (Å²) in [6, 6.07) is 5.37. The summed E-state index contributed by atoms with van der Waals surface area (Å²) >= 11 is 0. The minimum absolute atomic E-state index is 0.218. The van der Waals surface area contributed by atoms with Crippen molar-refractivity contribution in [3.8, 4) is 0 Å². The summed E-state index contributed by atoms with van der Waals surface area (Å²) in [7, 11) is -3.29. The van der Waals surface area contributed by atoms with Crippen molar-refractivity contribution >= 4 is 25.3 Å². The normalized spacial score (nSPS) is 12.1. The Morgan fingerprint density at radius 2 is 1.92 bits per heavy atom. The Labute approximate surface area is 140 Å². The zero-order valence-electron chi connectivity index (χ0n) is 14.0. The number of carbonyl (C=O) groups excluding carboxylic acids is 1. The van der Waals surface area contributed by atoms with Gasteiger partial charge >= 0.3 is 13.6 Å². The maximum Gasteiger partial charge on any atom is 0.358 e. The lowest BCUT2D eigenvalue weighted by Crippen LogP contribution is -2.04. The molecule has 0 fully saturated rings. The van der Waals surface area contributed by atoms with Crippen LogP contribution in [-0.2, 0) is 18.3 Å². The second kappa shape index (κ2) is 8.24. The summed E-state index contributed by atoms with van der Waals surface area (Å²) in [5.41, 5.74) is 1.49. The van der Waals surface area contributed by atoms with Gasteiger partial charge in [-0.25, -0.2) is 9.78 Å². The molecule has 2 rings (SSSR count). The summed E-state index contributed by atoms with van der Waals surface area (Å²) in [6.45, 7) is 6.09.